The Morgan fingerprint density at radius 2 is 2.04 bits per heavy atom. The van der Waals surface area contributed by atoms with Crippen molar-refractivity contribution in [2.45, 2.75) is 18.9 Å². The minimum Gasteiger partial charge on any atom is -0.378 e. The van der Waals surface area contributed by atoms with E-state index in [1.54, 1.807) is 0 Å². The largest absolute Gasteiger partial charge is 0.378 e. The zero-order valence-corrected chi connectivity index (χ0v) is 15.2. The van der Waals surface area contributed by atoms with Crippen molar-refractivity contribution in [3.8, 4) is 6.07 Å². The maximum atomic E-state index is 9.04. The van der Waals surface area contributed by atoms with Gasteiger partial charge in [0.05, 0.1) is 22.7 Å². The number of aromatic amines is 1. The predicted molar refractivity (Wildman–Crippen MR) is 104 cm³/mol. The highest BCUT2D eigenvalue weighted by atomic mass is 15.2. The Morgan fingerprint density at radius 3 is 2.77 bits per heavy atom. The van der Waals surface area contributed by atoms with Crippen LogP contribution in [0.5, 0.6) is 0 Å². The quantitative estimate of drug-likeness (QED) is 0.786. The Bertz CT molecular complexity index is 949. The van der Waals surface area contributed by atoms with Gasteiger partial charge in [0.1, 0.15) is 5.82 Å². The van der Waals surface area contributed by atoms with Crippen molar-refractivity contribution in [3.05, 3.63) is 59.4 Å². The molecule has 1 atom stereocenters. The number of hydrogen-bond acceptors (Lipinski definition) is 4. The first-order valence-corrected chi connectivity index (χ1v) is 9.01. The van der Waals surface area contributed by atoms with Gasteiger partial charge in [-0.2, -0.15) is 5.26 Å². The van der Waals surface area contributed by atoms with Gasteiger partial charge in [-0.15, -0.1) is 0 Å². The van der Waals surface area contributed by atoms with Crippen molar-refractivity contribution in [3.63, 3.8) is 0 Å². The Balaban J connectivity index is 1.44. The molecule has 1 N–H and O–H groups in total. The Morgan fingerprint density at radius 1 is 1.23 bits per heavy atom. The number of rotatable bonds is 4. The number of anilines is 1. The molecule has 26 heavy (non-hydrogen) atoms. The summed E-state index contributed by atoms with van der Waals surface area (Å²) in [7, 11) is 4.12. The van der Waals surface area contributed by atoms with E-state index in [0.717, 1.165) is 42.9 Å². The molecule has 3 aromatic rings. The standard InChI is InChI=1S/C21H23N5/c1-25(2)18-6-3-15(4-7-18)13-26-10-9-17(14-26)21-23-19-8-5-16(12-22)11-20(19)24-21/h3-8,11,17H,9-10,13-14H2,1-2H3,(H,23,24)/t17-/m0/s1. The van der Waals surface area contributed by atoms with Gasteiger partial charge in [0, 0.05) is 38.8 Å². The fourth-order valence-electron chi connectivity index (χ4n) is 3.65. The third-order valence-corrected chi connectivity index (χ3v) is 5.15. The first-order chi connectivity index (χ1) is 12.6. The molecule has 1 fully saturated rings. The lowest BCUT2D eigenvalue weighted by Crippen LogP contribution is -2.20. The first kappa shape index (κ1) is 16.6. The van der Waals surface area contributed by atoms with Gasteiger partial charge < -0.3 is 9.88 Å². The molecule has 0 radical (unpaired) electrons. The Labute approximate surface area is 153 Å². The van der Waals surface area contributed by atoms with E-state index >= 15 is 0 Å². The average molecular weight is 345 g/mol. The molecular formula is C21H23N5. The van der Waals surface area contributed by atoms with E-state index in [0.29, 0.717) is 11.5 Å². The van der Waals surface area contributed by atoms with Crippen LogP contribution in [0.1, 0.15) is 29.3 Å². The number of benzene rings is 2. The van der Waals surface area contributed by atoms with Gasteiger partial charge in [-0.1, -0.05) is 12.1 Å². The zero-order valence-electron chi connectivity index (χ0n) is 15.2. The van der Waals surface area contributed by atoms with Crippen LogP contribution < -0.4 is 4.90 Å². The number of imidazole rings is 1. The monoisotopic (exact) mass is 345 g/mol. The lowest BCUT2D eigenvalue weighted by Gasteiger charge is -2.17. The molecule has 0 unspecified atom stereocenters. The van der Waals surface area contributed by atoms with Gasteiger partial charge in [0.25, 0.3) is 0 Å². The van der Waals surface area contributed by atoms with Crippen LogP contribution in [0.25, 0.3) is 11.0 Å². The van der Waals surface area contributed by atoms with Gasteiger partial charge in [-0.3, -0.25) is 4.90 Å². The molecule has 5 nitrogen and oxygen atoms in total. The summed E-state index contributed by atoms with van der Waals surface area (Å²) < 4.78 is 0. The van der Waals surface area contributed by atoms with E-state index in [-0.39, 0.29) is 0 Å². The second-order valence-electron chi connectivity index (χ2n) is 7.25. The van der Waals surface area contributed by atoms with Gasteiger partial charge in [0.2, 0.25) is 0 Å². The summed E-state index contributed by atoms with van der Waals surface area (Å²) in [5.74, 6) is 1.47. The summed E-state index contributed by atoms with van der Waals surface area (Å²) in [5, 5.41) is 9.04. The molecule has 0 bridgehead atoms. The number of nitriles is 1. The molecule has 4 rings (SSSR count). The highest BCUT2D eigenvalue weighted by Gasteiger charge is 2.26. The first-order valence-electron chi connectivity index (χ1n) is 9.01. The minimum absolute atomic E-state index is 0.425. The fraction of sp³-hybridized carbons (Fsp3) is 0.333. The molecule has 132 valence electrons. The van der Waals surface area contributed by atoms with Crippen LogP contribution in [-0.4, -0.2) is 42.1 Å². The number of nitrogens with one attached hydrogen (secondary N) is 1. The number of likely N-dealkylation sites (tertiary alicyclic amines) is 1. The third-order valence-electron chi connectivity index (χ3n) is 5.15. The molecule has 1 aliphatic heterocycles. The highest BCUT2D eigenvalue weighted by Crippen LogP contribution is 2.28. The normalized spacial score (nSPS) is 17.5. The number of hydrogen-bond donors (Lipinski definition) is 1. The molecule has 2 heterocycles. The van der Waals surface area contributed by atoms with Gasteiger partial charge in [0.15, 0.2) is 0 Å². The van der Waals surface area contributed by atoms with Crippen molar-refractivity contribution >= 4 is 16.7 Å². The zero-order chi connectivity index (χ0) is 18.1. The lowest BCUT2D eigenvalue weighted by molar-refractivity contribution is 0.326. The summed E-state index contributed by atoms with van der Waals surface area (Å²) in [6.07, 6.45) is 1.11. The summed E-state index contributed by atoms with van der Waals surface area (Å²) in [6, 6.07) is 16.6. The molecule has 1 saturated heterocycles. The molecule has 1 aliphatic rings. The molecule has 0 saturated carbocycles. The van der Waals surface area contributed by atoms with Crippen LogP contribution in [0.15, 0.2) is 42.5 Å². The van der Waals surface area contributed by atoms with Crippen LogP contribution in [0.2, 0.25) is 0 Å². The second kappa shape index (κ2) is 6.81. The molecule has 2 aromatic carbocycles. The number of fused-ring (bicyclic) bond motifs is 1. The van der Waals surface area contributed by atoms with E-state index in [1.807, 2.05) is 18.2 Å². The highest BCUT2D eigenvalue weighted by molar-refractivity contribution is 5.76. The Hall–Kier alpha value is -2.84. The SMILES string of the molecule is CN(C)c1ccc(CN2CC[C@H](c3nc4ccc(C#N)cc4[nH]3)C2)cc1. The van der Waals surface area contributed by atoms with Crippen molar-refractivity contribution in [2.24, 2.45) is 0 Å². The molecule has 0 spiro atoms. The average Bonchev–Trinajstić information content (AvgIpc) is 3.28. The third kappa shape index (κ3) is 3.29. The summed E-state index contributed by atoms with van der Waals surface area (Å²) in [4.78, 5) is 12.8. The molecule has 1 aromatic heterocycles. The van der Waals surface area contributed by atoms with E-state index in [1.165, 1.54) is 11.3 Å². The summed E-state index contributed by atoms with van der Waals surface area (Å²) in [5.41, 5.74) is 5.14. The number of aromatic nitrogens is 2. The van der Waals surface area contributed by atoms with E-state index in [9.17, 15) is 0 Å². The minimum atomic E-state index is 0.425. The summed E-state index contributed by atoms with van der Waals surface area (Å²) in [6.45, 7) is 3.07. The predicted octanol–water partition coefficient (Wildman–Crippen LogP) is 3.49. The lowest BCUT2D eigenvalue weighted by atomic mass is 10.1. The van der Waals surface area contributed by atoms with E-state index in [4.69, 9.17) is 10.2 Å². The smallest absolute Gasteiger partial charge is 0.111 e. The van der Waals surface area contributed by atoms with Gasteiger partial charge >= 0.3 is 0 Å². The number of nitrogens with zero attached hydrogens (tertiary/aromatic N) is 4. The topological polar surface area (TPSA) is 58.9 Å². The second-order valence-corrected chi connectivity index (χ2v) is 7.25. The molecule has 0 aliphatic carbocycles. The van der Waals surface area contributed by atoms with Gasteiger partial charge in [-0.05, 0) is 48.9 Å². The maximum Gasteiger partial charge on any atom is 0.111 e. The summed E-state index contributed by atoms with van der Waals surface area (Å²) >= 11 is 0. The van der Waals surface area contributed by atoms with Crippen LogP contribution in [0.4, 0.5) is 5.69 Å². The fourth-order valence-corrected chi connectivity index (χ4v) is 3.65. The number of H-pyrrole nitrogens is 1. The van der Waals surface area contributed by atoms with Gasteiger partial charge in [-0.25, -0.2) is 4.98 Å². The van der Waals surface area contributed by atoms with Crippen LogP contribution in [0.3, 0.4) is 0 Å². The van der Waals surface area contributed by atoms with Crippen LogP contribution in [0, 0.1) is 11.3 Å². The Kier molecular flexibility index (Phi) is 4.36. The van der Waals surface area contributed by atoms with Crippen molar-refractivity contribution in [2.75, 3.05) is 32.1 Å². The molecule has 5 heteroatoms. The molecule has 0 amide bonds. The van der Waals surface area contributed by atoms with Crippen LogP contribution in [-0.2, 0) is 6.54 Å². The maximum absolute atomic E-state index is 9.04. The van der Waals surface area contributed by atoms with E-state index in [2.05, 4.69) is 59.2 Å². The van der Waals surface area contributed by atoms with Crippen LogP contribution >= 0.6 is 0 Å². The van der Waals surface area contributed by atoms with Crippen molar-refractivity contribution in [1.29, 1.82) is 5.26 Å². The molecular weight excluding hydrogens is 322 g/mol. The van der Waals surface area contributed by atoms with Crippen molar-refractivity contribution in [1.82, 2.24) is 14.9 Å². The van der Waals surface area contributed by atoms with E-state index < -0.39 is 0 Å². The van der Waals surface area contributed by atoms with Crippen molar-refractivity contribution < 1.29 is 0 Å².